The quantitative estimate of drug-likeness (QED) is 0.157. The van der Waals surface area contributed by atoms with Crippen LogP contribution in [0, 0.1) is 13.8 Å². The Kier molecular flexibility index (Phi) is 8.98. The maximum absolute atomic E-state index is 13.4. The van der Waals surface area contributed by atoms with Gasteiger partial charge in [-0.05, 0) is 50.6 Å². The maximum atomic E-state index is 13.4. The summed E-state index contributed by atoms with van der Waals surface area (Å²) >= 11 is 0. The number of amides is 3. The monoisotopic (exact) mass is 664 g/mol. The lowest BCUT2D eigenvalue weighted by Crippen LogP contribution is -2.19. The van der Waals surface area contributed by atoms with Gasteiger partial charge in [0, 0.05) is 32.1 Å². The molecule has 0 bridgehead atoms. The summed E-state index contributed by atoms with van der Waals surface area (Å²) in [6.45, 7) is 8.47. The second-order valence-corrected chi connectivity index (χ2v) is 11.2. The molecule has 15 nitrogen and oxygen atoms in total. The lowest BCUT2D eigenvalue weighted by Gasteiger charge is -2.11. The highest BCUT2D eigenvalue weighted by molar-refractivity contribution is 6.04. The second-order valence-electron chi connectivity index (χ2n) is 11.2. The number of hydrogen-bond acceptors (Lipinski definition) is 9. The first-order valence-electron chi connectivity index (χ1n) is 15.7. The summed E-state index contributed by atoms with van der Waals surface area (Å²) in [6.07, 6.45) is 4.31. The van der Waals surface area contributed by atoms with Crippen LogP contribution in [0.2, 0.25) is 0 Å². The van der Waals surface area contributed by atoms with Gasteiger partial charge in [-0.25, -0.2) is 15.0 Å². The number of hydrogen-bond donors (Lipinski definition) is 3. The Labute approximate surface area is 280 Å². The third kappa shape index (κ3) is 6.37. The molecule has 4 aromatic heterocycles. The smallest absolute Gasteiger partial charge is 0.295 e. The minimum Gasteiger partial charge on any atom is -0.494 e. The summed E-state index contributed by atoms with van der Waals surface area (Å²) in [5, 5.41) is 10.2. The number of primary amides is 1. The number of oxazole rings is 1. The fraction of sp³-hybridized carbons (Fsp3) is 0.265. The number of nitrogens with two attached hydrogens (primary N) is 1. The summed E-state index contributed by atoms with van der Waals surface area (Å²) in [5.41, 5.74) is 9.98. The Morgan fingerprint density at radius 2 is 1.61 bits per heavy atom. The van der Waals surface area contributed by atoms with Crippen molar-refractivity contribution in [3.05, 3.63) is 88.9 Å². The average Bonchev–Trinajstić information content (AvgIpc) is 3.85. The molecule has 2 aromatic carbocycles. The standard InChI is InChI=1S/C34H36N10O5/c1-6-22-29(49-20(4)36-22)32(47)40-34-38-24-17-21(30(35)45)18-27(48-5)28(24)43(34)15-11-10-14-42-25-13-9-8-12-23(25)37-33(42)39-31(46)26-16-19(3)41-44(26)7-2/h8-13,16-18H,6-7,14-15H2,1-5H3,(H2,35,45)(H,37,39,46)(H,38,40,47)/b11-10+. The molecular formula is C34H36N10O5. The number of aromatic nitrogens is 7. The van der Waals surface area contributed by atoms with Crippen LogP contribution in [0.5, 0.6) is 5.75 Å². The van der Waals surface area contributed by atoms with Crippen LogP contribution in [0.15, 0.2) is 59.0 Å². The molecule has 0 aliphatic rings. The van der Waals surface area contributed by atoms with E-state index in [1.807, 2.05) is 61.8 Å². The minimum absolute atomic E-state index is 0.0950. The van der Waals surface area contributed by atoms with Crippen molar-refractivity contribution in [1.29, 1.82) is 0 Å². The zero-order chi connectivity index (χ0) is 34.8. The van der Waals surface area contributed by atoms with Gasteiger partial charge in [0.05, 0.1) is 35.0 Å². The Hall–Kier alpha value is -6.25. The van der Waals surface area contributed by atoms with E-state index in [1.54, 1.807) is 28.3 Å². The minimum atomic E-state index is -0.644. The zero-order valence-corrected chi connectivity index (χ0v) is 27.8. The van der Waals surface area contributed by atoms with E-state index in [4.69, 9.17) is 14.9 Å². The number of methoxy groups -OCH3 is 1. The van der Waals surface area contributed by atoms with Gasteiger partial charge in [0.2, 0.25) is 23.6 Å². The number of aryl methyl sites for hydroxylation is 4. The van der Waals surface area contributed by atoms with Crippen molar-refractivity contribution in [3.8, 4) is 5.75 Å². The van der Waals surface area contributed by atoms with Gasteiger partial charge in [0.25, 0.3) is 11.8 Å². The largest absolute Gasteiger partial charge is 0.494 e. The SMILES string of the molecule is CCc1nc(C)oc1C(=O)Nc1nc2cc(C(N)=O)cc(OC)c2n1C/C=C/Cn1c(NC(=O)c2cc(C)nn2CC)nc2ccccc21. The molecule has 6 rings (SSSR count). The Balaban J connectivity index is 1.33. The van der Waals surface area contributed by atoms with Crippen LogP contribution < -0.4 is 21.1 Å². The molecule has 0 saturated heterocycles. The number of imidazole rings is 2. The number of carbonyl (C=O) groups is 3. The molecule has 0 fully saturated rings. The maximum Gasteiger partial charge on any atom is 0.295 e. The zero-order valence-electron chi connectivity index (χ0n) is 27.8. The van der Waals surface area contributed by atoms with Gasteiger partial charge >= 0.3 is 0 Å². The molecule has 0 unspecified atom stereocenters. The second kappa shape index (κ2) is 13.5. The number of benzene rings is 2. The fourth-order valence-electron chi connectivity index (χ4n) is 5.70. The molecule has 0 radical (unpaired) electrons. The number of carbonyl (C=O) groups excluding carboxylic acids is 3. The summed E-state index contributed by atoms with van der Waals surface area (Å²) in [7, 11) is 1.48. The van der Waals surface area contributed by atoms with Crippen molar-refractivity contribution < 1.29 is 23.5 Å². The molecule has 0 spiro atoms. The molecule has 4 heterocycles. The lowest BCUT2D eigenvalue weighted by atomic mass is 10.1. The van der Waals surface area contributed by atoms with Gasteiger partial charge in [-0.2, -0.15) is 5.10 Å². The van der Waals surface area contributed by atoms with Crippen molar-refractivity contribution in [2.75, 3.05) is 17.7 Å². The molecule has 0 aliphatic heterocycles. The van der Waals surface area contributed by atoms with Crippen LogP contribution >= 0.6 is 0 Å². The summed E-state index contributed by atoms with van der Waals surface area (Å²) in [6, 6.07) is 12.4. The molecule has 6 aromatic rings. The molecule has 0 aliphatic carbocycles. The lowest BCUT2D eigenvalue weighted by molar-refractivity contribution is 0.0987. The summed E-state index contributed by atoms with van der Waals surface area (Å²) in [5.74, 6) is -0.0738. The molecule has 15 heteroatoms. The van der Waals surface area contributed by atoms with Crippen LogP contribution in [-0.2, 0) is 26.1 Å². The van der Waals surface area contributed by atoms with Gasteiger partial charge in [0.15, 0.2) is 5.89 Å². The van der Waals surface area contributed by atoms with Crippen molar-refractivity contribution in [2.45, 2.75) is 53.8 Å². The van der Waals surface area contributed by atoms with Crippen molar-refractivity contribution in [1.82, 2.24) is 33.9 Å². The molecular weight excluding hydrogens is 628 g/mol. The normalized spacial score (nSPS) is 11.5. The van der Waals surface area contributed by atoms with Crippen LogP contribution in [0.25, 0.3) is 22.1 Å². The van der Waals surface area contributed by atoms with Crippen LogP contribution in [0.3, 0.4) is 0 Å². The fourth-order valence-corrected chi connectivity index (χ4v) is 5.70. The number of nitrogens with one attached hydrogen (secondary N) is 2. The highest BCUT2D eigenvalue weighted by Crippen LogP contribution is 2.31. The number of rotatable bonds is 12. The molecule has 0 atom stereocenters. The number of allylic oxidation sites excluding steroid dienone is 2. The number of para-hydroxylation sites is 2. The van der Waals surface area contributed by atoms with E-state index in [-0.39, 0.29) is 29.7 Å². The topological polar surface area (TPSA) is 190 Å². The first kappa shape index (κ1) is 32.7. The first-order chi connectivity index (χ1) is 23.6. The van der Waals surface area contributed by atoms with Gasteiger partial charge in [-0.3, -0.25) is 29.7 Å². The van der Waals surface area contributed by atoms with Gasteiger partial charge in [-0.1, -0.05) is 31.2 Å². The van der Waals surface area contributed by atoms with E-state index in [0.29, 0.717) is 59.5 Å². The number of fused-ring (bicyclic) bond motifs is 2. The number of ether oxygens (including phenoxy) is 1. The number of anilines is 2. The predicted octanol–water partition coefficient (Wildman–Crippen LogP) is 4.64. The Bertz CT molecular complexity index is 2250. The highest BCUT2D eigenvalue weighted by Gasteiger charge is 2.23. The Morgan fingerprint density at radius 3 is 2.33 bits per heavy atom. The molecule has 0 saturated carbocycles. The third-order valence-corrected chi connectivity index (χ3v) is 7.94. The third-order valence-electron chi connectivity index (χ3n) is 7.94. The van der Waals surface area contributed by atoms with Gasteiger partial charge in [0.1, 0.15) is 17.0 Å². The van der Waals surface area contributed by atoms with E-state index in [0.717, 1.165) is 16.7 Å². The summed E-state index contributed by atoms with van der Waals surface area (Å²) < 4.78 is 16.5. The van der Waals surface area contributed by atoms with Gasteiger partial charge < -0.3 is 24.0 Å². The number of nitrogens with zero attached hydrogens (tertiary/aromatic N) is 7. The van der Waals surface area contributed by atoms with Gasteiger partial charge in [-0.15, -0.1) is 0 Å². The van der Waals surface area contributed by atoms with E-state index < -0.39 is 11.8 Å². The highest BCUT2D eigenvalue weighted by atomic mass is 16.5. The molecule has 3 amide bonds. The van der Waals surface area contributed by atoms with Crippen LogP contribution in [0.4, 0.5) is 11.9 Å². The van der Waals surface area contributed by atoms with E-state index in [9.17, 15) is 14.4 Å². The van der Waals surface area contributed by atoms with Crippen LogP contribution in [-0.4, -0.2) is 58.7 Å². The first-order valence-corrected chi connectivity index (χ1v) is 15.7. The molecule has 4 N–H and O–H groups in total. The van der Waals surface area contributed by atoms with E-state index in [1.165, 1.54) is 13.2 Å². The molecule has 252 valence electrons. The van der Waals surface area contributed by atoms with E-state index >= 15 is 0 Å². The van der Waals surface area contributed by atoms with Crippen molar-refractivity contribution in [2.24, 2.45) is 5.73 Å². The predicted molar refractivity (Wildman–Crippen MR) is 183 cm³/mol. The van der Waals surface area contributed by atoms with E-state index in [2.05, 4.69) is 30.7 Å². The molecule has 49 heavy (non-hydrogen) atoms. The summed E-state index contributed by atoms with van der Waals surface area (Å²) in [4.78, 5) is 52.3. The van der Waals surface area contributed by atoms with Crippen molar-refractivity contribution >= 4 is 51.7 Å². The van der Waals surface area contributed by atoms with Crippen molar-refractivity contribution in [3.63, 3.8) is 0 Å². The average molecular weight is 665 g/mol. The van der Waals surface area contributed by atoms with Crippen LogP contribution in [0.1, 0.15) is 62.5 Å². The Morgan fingerprint density at radius 1 is 0.918 bits per heavy atom.